The Hall–Kier alpha value is -2.24. The second-order valence-electron chi connectivity index (χ2n) is 5.37. The van der Waals surface area contributed by atoms with E-state index in [-0.39, 0.29) is 24.0 Å². The first-order chi connectivity index (χ1) is 12.6. The van der Waals surface area contributed by atoms with Gasteiger partial charge in [-0.3, -0.25) is 4.68 Å². The Balaban J connectivity index is 0.00000364. The van der Waals surface area contributed by atoms with Gasteiger partial charge in [0.05, 0.1) is 34.4 Å². The lowest BCUT2D eigenvalue weighted by Crippen LogP contribution is -2.37. The Kier molecular flexibility index (Phi) is 9.68. The molecule has 0 aliphatic carbocycles. The third-order valence-corrected chi connectivity index (χ3v) is 3.76. The van der Waals surface area contributed by atoms with Crippen LogP contribution in [0.5, 0.6) is 17.2 Å². The molecule has 0 aliphatic heterocycles. The number of hydrogen-bond acceptors (Lipinski definition) is 6. The van der Waals surface area contributed by atoms with Crippen molar-refractivity contribution in [3.8, 4) is 17.2 Å². The van der Waals surface area contributed by atoms with Gasteiger partial charge in [0.2, 0.25) is 0 Å². The largest absolute Gasteiger partial charge is 0.496 e. The zero-order valence-corrected chi connectivity index (χ0v) is 18.6. The monoisotopic (exact) mass is 490 g/mol. The van der Waals surface area contributed by atoms with Crippen LogP contribution in [0.15, 0.2) is 23.5 Å². The van der Waals surface area contributed by atoms with Crippen LogP contribution in [0.25, 0.3) is 0 Å². The van der Waals surface area contributed by atoms with Crippen molar-refractivity contribution in [3.63, 3.8) is 0 Å². The van der Waals surface area contributed by atoms with Crippen molar-refractivity contribution < 1.29 is 14.2 Å². The molecule has 10 heteroatoms. The average Bonchev–Trinajstić information content (AvgIpc) is 3.08. The Morgan fingerprint density at radius 3 is 2.30 bits per heavy atom. The van der Waals surface area contributed by atoms with Crippen LogP contribution in [-0.2, 0) is 20.1 Å². The second-order valence-corrected chi connectivity index (χ2v) is 5.37. The van der Waals surface area contributed by atoms with Crippen LogP contribution in [0, 0.1) is 0 Å². The minimum Gasteiger partial charge on any atom is -0.496 e. The Labute approximate surface area is 176 Å². The van der Waals surface area contributed by atoms with Crippen LogP contribution >= 0.6 is 24.0 Å². The third-order valence-electron chi connectivity index (χ3n) is 3.76. The van der Waals surface area contributed by atoms with E-state index in [0.29, 0.717) is 36.3 Å². The molecular weight excluding hydrogens is 463 g/mol. The Morgan fingerprint density at radius 1 is 1.07 bits per heavy atom. The average molecular weight is 490 g/mol. The van der Waals surface area contributed by atoms with E-state index in [1.165, 1.54) is 6.33 Å². The minimum absolute atomic E-state index is 0. The van der Waals surface area contributed by atoms with Gasteiger partial charge in [-0.15, -0.1) is 24.0 Å². The molecule has 0 atom stereocenters. The summed E-state index contributed by atoms with van der Waals surface area (Å²) in [5, 5.41) is 10.5. The number of aryl methyl sites for hydroxylation is 1. The zero-order valence-electron chi connectivity index (χ0n) is 16.3. The second kappa shape index (κ2) is 11.5. The van der Waals surface area contributed by atoms with Crippen molar-refractivity contribution in [3.05, 3.63) is 29.8 Å². The lowest BCUT2D eigenvalue weighted by atomic mass is 10.1. The van der Waals surface area contributed by atoms with Gasteiger partial charge in [-0.1, -0.05) is 0 Å². The molecule has 1 aromatic heterocycles. The summed E-state index contributed by atoms with van der Waals surface area (Å²) < 4.78 is 17.8. The van der Waals surface area contributed by atoms with Gasteiger partial charge in [0.25, 0.3) is 0 Å². The van der Waals surface area contributed by atoms with Crippen LogP contribution in [-0.4, -0.2) is 48.6 Å². The highest BCUT2D eigenvalue weighted by atomic mass is 127. The number of nitrogens with one attached hydrogen (secondary N) is 2. The smallest absolute Gasteiger partial charge is 0.191 e. The summed E-state index contributed by atoms with van der Waals surface area (Å²) >= 11 is 0. The van der Waals surface area contributed by atoms with Crippen LogP contribution in [0.1, 0.15) is 18.3 Å². The molecule has 0 spiro atoms. The highest BCUT2D eigenvalue weighted by molar-refractivity contribution is 14.0. The Bertz CT molecular complexity index is 750. The summed E-state index contributed by atoms with van der Waals surface area (Å²) in [6, 6.07) is 3.66. The van der Waals surface area contributed by atoms with Crippen molar-refractivity contribution in [1.82, 2.24) is 25.4 Å². The molecule has 9 nitrogen and oxygen atoms in total. The maximum absolute atomic E-state index is 5.45. The fourth-order valence-electron chi connectivity index (χ4n) is 2.36. The molecule has 2 rings (SSSR count). The summed E-state index contributed by atoms with van der Waals surface area (Å²) in [6.07, 6.45) is 1.52. The van der Waals surface area contributed by atoms with Crippen molar-refractivity contribution in [2.24, 2.45) is 12.0 Å². The van der Waals surface area contributed by atoms with Crippen LogP contribution in [0.4, 0.5) is 0 Å². The minimum atomic E-state index is 0. The molecule has 1 aromatic carbocycles. The lowest BCUT2D eigenvalue weighted by Gasteiger charge is -2.14. The van der Waals surface area contributed by atoms with Gasteiger partial charge in [-0.05, 0) is 13.0 Å². The number of aromatic nitrogens is 3. The first-order valence-corrected chi connectivity index (χ1v) is 8.26. The molecule has 2 N–H and O–H groups in total. The fraction of sp³-hybridized carbons (Fsp3) is 0.471. The van der Waals surface area contributed by atoms with Gasteiger partial charge in [0.1, 0.15) is 17.9 Å². The number of aliphatic imine (C=N–C) groups is 1. The van der Waals surface area contributed by atoms with Crippen molar-refractivity contribution in [2.45, 2.75) is 20.0 Å². The molecule has 27 heavy (non-hydrogen) atoms. The molecule has 0 saturated heterocycles. The number of benzene rings is 1. The van der Waals surface area contributed by atoms with Gasteiger partial charge >= 0.3 is 0 Å². The molecule has 0 amide bonds. The topological polar surface area (TPSA) is 94.8 Å². The molecular formula is C17H27IN6O3. The van der Waals surface area contributed by atoms with E-state index >= 15 is 0 Å². The number of guanidine groups is 1. The van der Waals surface area contributed by atoms with Crippen LogP contribution < -0.4 is 24.8 Å². The number of halogens is 1. The van der Waals surface area contributed by atoms with Gasteiger partial charge in [-0.2, -0.15) is 5.10 Å². The van der Waals surface area contributed by atoms with E-state index in [2.05, 4.69) is 25.7 Å². The summed E-state index contributed by atoms with van der Waals surface area (Å²) in [4.78, 5) is 8.80. The zero-order chi connectivity index (χ0) is 18.9. The van der Waals surface area contributed by atoms with Crippen LogP contribution in [0.3, 0.4) is 0 Å². The van der Waals surface area contributed by atoms with Gasteiger partial charge in [-0.25, -0.2) is 9.98 Å². The maximum atomic E-state index is 5.45. The third kappa shape index (κ3) is 6.15. The SMILES string of the molecule is CCNC(=NCc1cc(OC)c(OC)cc1OC)NCc1ncnn1C.I. The lowest BCUT2D eigenvalue weighted by molar-refractivity contribution is 0.347. The maximum Gasteiger partial charge on any atom is 0.191 e. The summed E-state index contributed by atoms with van der Waals surface area (Å²) in [5.41, 5.74) is 0.890. The molecule has 150 valence electrons. The molecule has 0 radical (unpaired) electrons. The predicted octanol–water partition coefficient (Wildman–Crippen LogP) is 1.71. The van der Waals surface area contributed by atoms with E-state index in [1.807, 2.05) is 20.0 Å². The molecule has 0 bridgehead atoms. The van der Waals surface area contributed by atoms with E-state index in [0.717, 1.165) is 17.9 Å². The van der Waals surface area contributed by atoms with E-state index in [4.69, 9.17) is 14.2 Å². The molecule has 0 saturated carbocycles. The van der Waals surface area contributed by atoms with Gasteiger partial charge in [0, 0.05) is 25.2 Å². The number of hydrogen-bond donors (Lipinski definition) is 2. The van der Waals surface area contributed by atoms with E-state index < -0.39 is 0 Å². The number of ether oxygens (including phenoxy) is 3. The van der Waals surface area contributed by atoms with Crippen molar-refractivity contribution in [1.29, 1.82) is 0 Å². The standard InChI is InChI=1S/C17H26N6O3.HI/c1-6-18-17(20-10-16-21-11-22-23(16)2)19-9-12-7-14(25-4)15(26-5)8-13(12)24-3;/h7-8,11H,6,9-10H2,1-5H3,(H2,18,19,20);1H. The Morgan fingerprint density at radius 2 is 1.74 bits per heavy atom. The highest BCUT2D eigenvalue weighted by Crippen LogP contribution is 2.34. The summed E-state index contributed by atoms with van der Waals surface area (Å²) in [6.45, 7) is 3.69. The van der Waals surface area contributed by atoms with E-state index in [1.54, 1.807) is 32.1 Å². The molecule has 2 aromatic rings. The molecule has 1 heterocycles. The first kappa shape index (κ1) is 22.8. The number of methoxy groups -OCH3 is 3. The fourth-order valence-corrected chi connectivity index (χ4v) is 2.36. The summed E-state index contributed by atoms with van der Waals surface area (Å²) in [7, 11) is 6.66. The van der Waals surface area contributed by atoms with Gasteiger partial charge in [0.15, 0.2) is 17.5 Å². The molecule has 0 unspecified atom stereocenters. The highest BCUT2D eigenvalue weighted by Gasteiger charge is 2.12. The normalized spacial score (nSPS) is 10.8. The number of rotatable bonds is 8. The quantitative estimate of drug-likeness (QED) is 0.331. The van der Waals surface area contributed by atoms with Crippen molar-refractivity contribution >= 4 is 29.9 Å². The predicted molar refractivity (Wildman–Crippen MR) is 114 cm³/mol. The summed E-state index contributed by atoms with van der Waals surface area (Å²) in [5.74, 6) is 3.43. The van der Waals surface area contributed by atoms with E-state index in [9.17, 15) is 0 Å². The molecule has 0 fully saturated rings. The molecule has 0 aliphatic rings. The number of nitrogens with zero attached hydrogens (tertiary/aromatic N) is 4. The van der Waals surface area contributed by atoms with Crippen molar-refractivity contribution in [2.75, 3.05) is 27.9 Å². The van der Waals surface area contributed by atoms with Gasteiger partial charge < -0.3 is 24.8 Å². The first-order valence-electron chi connectivity index (χ1n) is 8.26. The van der Waals surface area contributed by atoms with Crippen LogP contribution in [0.2, 0.25) is 0 Å².